The molecule has 0 radical (unpaired) electrons. The second kappa shape index (κ2) is 9.60. The third kappa shape index (κ3) is 3.77. The van der Waals surface area contributed by atoms with Crippen LogP contribution in [0.2, 0.25) is 5.02 Å². The molecule has 3 heterocycles. The number of esters is 1. The number of carbonyl (C=O) groups is 3. The number of aromatic nitrogens is 1. The molecule has 2 saturated carbocycles. The van der Waals surface area contributed by atoms with Crippen LogP contribution in [0.5, 0.6) is 0 Å². The van der Waals surface area contributed by atoms with E-state index >= 15 is 0 Å². The molecular weight excluding hydrogens is 568 g/mol. The molecule has 1 aromatic heterocycles. The maximum Gasteiger partial charge on any atom is 0.326 e. The van der Waals surface area contributed by atoms with Crippen LogP contribution >= 0.6 is 34.7 Å². The monoisotopic (exact) mass is 594 g/mol. The van der Waals surface area contributed by atoms with Gasteiger partial charge in [-0.15, -0.1) is 11.8 Å². The van der Waals surface area contributed by atoms with E-state index in [9.17, 15) is 19.2 Å². The van der Waals surface area contributed by atoms with Crippen molar-refractivity contribution in [2.45, 2.75) is 43.0 Å². The van der Waals surface area contributed by atoms with Crippen molar-refractivity contribution in [1.82, 2.24) is 4.57 Å². The lowest BCUT2D eigenvalue weighted by atomic mass is 9.68. The zero-order valence-corrected chi connectivity index (χ0v) is 24.3. The maximum absolute atomic E-state index is 13.9. The topological polar surface area (TPSA) is 85.7 Å². The third-order valence-electron chi connectivity index (χ3n) is 9.06. The fourth-order valence-corrected chi connectivity index (χ4v) is 10.9. The molecule has 2 aliphatic heterocycles. The highest BCUT2D eigenvalue weighted by Crippen LogP contribution is 2.69. The number of benzene rings is 2. The Morgan fingerprint density at radius 2 is 1.68 bits per heavy atom. The molecule has 4 aliphatic rings. The van der Waals surface area contributed by atoms with E-state index in [1.807, 2.05) is 55.5 Å². The molecule has 2 aliphatic carbocycles. The van der Waals surface area contributed by atoms with Crippen molar-refractivity contribution in [2.75, 3.05) is 11.5 Å². The Bertz CT molecular complexity index is 1600. The molecule has 3 aromatic rings. The Hall–Kier alpha value is -2.88. The number of anilines is 1. The summed E-state index contributed by atoms with van der Waals surface area (Å²) in [7, 11) is 0. The van der Waals surface area contributed by atoms with Crippen LogP contribution in [0.15, 0.2) is 58.4 Å². The van der Waals surface area contributed by atoms with E-state index in [1.165, 1.54) is 20.8 Å². The van der Waals surface area contributed by atoms with Gasteiger partial charge in [-0.3, -0.25) is 28.6 Å². The summed E-state index contributed by atoms with van der Waals surface area (Å²) in [6.07, 6.45) is 0.804. The predicted octanol–water partition coefficient (Wildman–Crippen LogP) is 5.11. The largest absolute Gasteiger partial charge is 0.465 e. The van der Waals surface area contributed by atoms with Crippen LogP contribution < -0.4 is 9.77 Å². The summed E-state index contributed by atoms with van der Waals surface area (Å²) in [5.74, 6) is -1.44. The first-order valence-corrected chi connectivity index (χ1v) is 15.6. The van der Waals surface area contributed by atoms with Crippen LogP contribution in [0.1, 0.15) is 35.3 Å². The summed E-state index contributed by atoms with van der Waals surface area (Å²) in [6, 6.07) is 15.2. The summed E-state index contributed by atoms with van der Waals surface area (Å²) < 4.78 is 6.69. The molecule has 2 bridgehead atoms. The number of amides is 2. The van der Waals surface area contributed by atoms with Gasteiger partial charge in [-0.1, -0.05) is 52.8 Å². The van der Waals surface area contributed by atoms with E-state index in [0.717, 1.165) is 27.5 Å². The molecule has 2 aromatic carbocycles. The van der Waals surface area contributed by atoms with E-state index in [1.54, 1.807) is 18.7 Å². The van der Waals surface area contributed by atoms with Crippen LogP contribution in [0.3, 0.4) is 0 Å². The zero-order chi connectivity index (χ0) is 27.9. The number of imide groups is 1. The highest BCUT2D eigenvalue weighted by Gasteiger charge is 2.69. The van der Waals surface area contributed by atoms with Crippen molar-refractivity contribution in [2.24, 2.45) is 29.6 Å². The highest BCUT2D eigenvalue weighted by atomic mass is 35.5. The van der Waals surface area contributed by atoms with Gasteiger partial charge in [0.05, 0.1) is 29.2 Å². The minimum absolute atomic E-state index is 0.00546. The number of carbonyl (C=O) groups excluding carboxylic acids is 3. The second-order valence-corrected chi connectivity index (χ2v) is 13.7. The normalized spacial score (nSPS) is 29.9. The Morgan fingerprint density at radius 3 is 2.35 bits per heavy atom. The third-order valence-corrected chi connectivity index (χ3v) is 12.1. The Morgan fingerprint density at radius 1 is 1.00 bits per heavy atom. The van der Waals surface area contributed by atoms with Crippen LogP contribution in [0.25, 0.3) is 0 Å². The number of nitrogens with zero attached hydrogens (tertiary/aromatic N) is 2. The minimum Gasteiger partial charge on any atom is -0.465 e. The number of thioether (sulfide) groups is 1. The van der Waals surface area contributed by atoms with Gasteiger partial charge in [-0.05, 0) is 67.9 Å². The van der Waals surface area contributed by atoms with Gasteiger partial charge in [-0.2, -0.15) is 0 Å². The van der Waals surface area contributed by atoms with Crippen molar-refractivity contribution in [3.63, 3.8) is 0 Å². The number of rotatable bonds is 5. The quantitative estimate of drug-likeness (QED) is 0.301. The summed E-state index contributed by atoms with van der Waals surface area (Å²) in [4.78, 5) is 55.5. The SMILES string of the molecule is CCOC(=O)Cn1c2c(sc1=O)C(c1ccc(Cl)cc1)C1C3CC(C1S2)C1C(=O)N(c2ccc(C)cc2)C(=O)C31. The first-order valence-electron chi connectivity index (χ1n) is 13.5. The number of hydrogen-bond acceptors (Lipinski definition) is 7. The van der Waals surface area contributed by atoms with Crippen molar-refractivity contribution >= 4 is 58.2 Å². The molecule has 7 atom stereocenters. The minimum atomic E-state index is -0.450. The van der Waals surface area contributed by atoms with E-state index in [0.29, 0.717) is 10.7 Å². The zero-order valence-electron chi connectivity index (χ0n) is 21.9. The first kappa shape index (κ1) is 26.0. The molecular formula is C30H27ClN2O5S2. The van der Waals surface area contributed by atoms with Crippen molar-refractivity contribution in [3.8, 4) is 0 Å². The smallest absolute Gasteiger partial charge is 0.326 e. The number of halogens is 1. The van der Waals surface area contributed by atoms with Crippen molar-refractivity contribution in [1.29, 1.82) is 0 Å². The summed E-state index contributed by atoms with van der Waals surface area (Å²) in [5, 5.41) is 1.44. The molecule has 7 unspecified atom stereocenters. The lowest BCUT2D eigenvalue weighted by Crippen LogP contribution is -2.43. The van der Waals surface area contributed by atoms with Crippen LogP contribution in [0, 0.1) is 36.5 Å². The van der Waals surface area contributed by atoms with Crippen LogP contribution in [0.4, 0.5) is 5.69 Å². The maximum atomic E-state index is 13.9. The average Bonchev–Trinajstić information content (AvgIpc) is 3.65. The summed E-state index contributed by atoms with van der Waals surface area (Å²) in [5.41, 5.74) is 2.72. The van der Waals surface area contributed by atoms with Crippen LogP contribution in [-0.2, 0) is 25.7 Å². The van der Waals surface area contributed by atoms with Crippen molar-refractivity contribution < 1.29 is 19.1 Å². The number of fused-ring (bicyclic) bond motifs is 9. The Balaban J connectivity index is 1.32. The summed E-state index contributed by atoms with van der Waals surface area (Å²) in [6.45, 7) is 3.82. The van der Waals surface area contributed by atoms with E-state index in [2.05, 4.69) is 0 Å². The molecule has 2 amide bonds. The van der Waals surface area contributed by atoms with Gasteiger partial charge in [0.25, 0.3) is 0 Å². The van der Waals surface area contributed by atoms with E-state index in [4.69, 9.17) is 16.3 Å². The van der Waals surface area contributed by atoms with Gasteiger partial charge in [0.2, 0.25) is 11.8 Å². The van der Waals surface area contributed by atoms with Gasteiger partial charge in [0.1, 0.15) is 6.54 Å². The molecule has 206 valence electrons. The number of hydrogen-bond donors (Lipinski definition) is 0. The lowest BCUT2D eigenvalue weighted by Gasteiger charge is -2.43. The first-order chi connectivity index (χ1) is 19.3. The van der Waals surface area contributed by atoms with E-state index < -0.39 is 5.97 Å². The lowest BCUT2D eigenvalue weighted by molar-refractivity contribution is -0.144. The average molecular weight is 595 g/mol. The molecule has 7 nitrogen and oxygen atoms in total. The van der Waals surface area contributed by atoms with E-state index in [-0.39, 0.29) is 70.6 Å². The molecule has 0 spiro atoms. The predicted molar refractivity (Wildman–Crippen MR) is 154 cm³/mol. The molecule has 0 N–H and O–H groups in total. The number of ether oxygens (including phenoxy) is 1. The van der Waals surface area contributed by atoms with Gasteiger partial charge >= 0.3 is 10.8 Å². The van der Waals surface area contributed by atoms with Crippen LogP contribution in [-0.4, -0.2) is 34.2 Å². The number of aryl methyl sites for hydroxylation is 1. The Labute approximate surface area is 244 Å². The van der Waals surface area contributed by atoms with Gasteiger partial charge < -0.3 is 4.74 Å². The van der Waals surface area contributed by atoms with Gasteiger partial charge in [-0.25, -0.2) is 0 Å². The van der Waals surface area contributed by atoms with Gasteiger partial charge in [0, 0.05) is 21.1 Å². The highest BCUT2D eigenvalue weighted by molar-refractivity contribution is 8.00. The molecule has 10 heteroatoms. The van der Waals surface area contributed by atoms with Crippen molar-refractivity contribution in [3.05, 3.63) is 79.2 Å². The number of thiazole rings is 1. The molecule has 40 heavy (non-hydrogen) atoms. The fraction of sp³-hybridized carbons (Fsp3) is 0.400. The second-order valence-electron chi connectivity index (χ2n) is 11.1. The fourth-order valence-electron chi connectivity index (χ4n) is 7.58. The molecule has 3 fully saturated rings. The summed E-state index contributed by atoms with van der Waals surface area (Å²) >= 11 is 9.02. The molecule has 1 saturated heterocycles. The Kier molecular flexibility index (Phi) is 6.25. The molecule has 7 rings (SSSR count). The van der Waals surface area contributed by atoms with Gasteiger partial charge in [0.15, 0.2) is 0 Å². The standard InChI is InChI=1S/C30H27ClN2O5S2/c1-3-38-20(34)13-32-29-26(40-30(32)37)21(15-6-8-16(31)9-7-15)22-18-12-19(25(22)39-29)24-23(18)27(35)33(28(24)36)17-10-4-14(2)5-11-17/h4-11,18-19,21-25H,3,12-13H2,1-2H3.